The van der Waals surface area contributed by atoms with Crippen molar-refractivity contribution >= 4 is 88.4 Å². The SMILES string of the molecule is O.O.OB(O)O.OB(O)O.OB(O)O.OB(O)O.[Na].[Na]. The zero-order valence-electron chi connectivity index (χ0n) is 10.7. The van der Waals surface area contributed by atoms with E-state index >= 15 is 0 Å². The van der Waals surface area contributed by atoms with E-state index in [0.29, 0.717) is 0 Å². The van der Waals surface area contributed by atoms with E-state index < -0.39 is 29.3 Å². The zero-order valence-corrected chi connectivity index (χ0v) is 14.7. The quantitative estimate of drug-likeness (QED) is 0.184. The molecule has 0 heterocycles. The van der Waals surface area contributed by atoms with Crippen molar-refractivity contribution in [1.29, 1.82) is 0 Å². The Morgan fingerprint density at radius 3 is 0.300 bits per heavy atom. The normalized spacial score (nSPS) is 5.40. The molecule has 0 spiro atoms. The zero-order chi connectivity index (χ0) is 14.3. The molecule has 0 aliphatic heterocycles. The van der Waals surface area contributed by atoms with Crippen molar-refractivity contribution in [3.63, 3.8) is 0 Å². The van der Waals surface area contributed by atoms with E-state index in [1.165, 1.54) is 0 Å². The number of hydrogen-bond donors (Lipinski definition) is 12. The van der Waals surface area contributed by atoms with E-state index in [4.69, 9.17) is 60.3 Å². The second-order valence-electron chi connectivity index (χ2n) is 1.39. The van der Waals surface area contributed by atoms with E-state index in [2.05, 4.69) is 0 Å². The number of rotatable bonds is 0. The first kappa shape index (κ1) is 49.5. The standard InChI is InChI=1S/4BH3O3.2Na.2H2O/c4*2-1(3)4;;;;/h4*2-4H;;;2*1H2. The minimum Gasteiger partial charge on any atom is -0.412 e. The molecule has 14 nitrogen and oxygen atoms in total. The van der Waals surface area contributed by atoms with Crippen molar-refractivity contribution in [2.24, 2.45) is 0 Å². The maximum absolute atomic E-state index is 7.17. The summed E-state index contributed by atoms with van der Waals surface area (Å²) in [5.41, 5.74) is 0. The van der Waals surface area contributed by atoms with Crippen LogP contribution in [0.3, 0.4) is 0 Å². The van der Waals surface area contributed by atoms with Gasteiger partial charge in [0.2, 0.25) is 0 Å². The van der Waals surface area contributed by atoms with Crippen LogP contribution in [0.2, 0.25) is 0 Å². The van der Waals surface area contributed by atoms with Crippen molar-refractivity contribution < 1.29 is 71.2 Å². The predicted octanol–water partition coefficient (Wildman–Crippen LogP) is -10.6. The summed E-state index contributed by atoms with van der Waals surface area (Å²) < 4.78 is 0. The van der Waals surface area contributed by atoms with Crippen molar-refractivity contribution in [2.75, 3.05) is 0 Å². The Morgan fingerprint density at radius 1 is 0.300 bits per heavy atom. The smallest absolute Gasteiger partial charge is 0.412 e. The van der Waals surface area contributed by atoms with E-state index in [1.807, 2.05) is 0 Å². The molecule has 20 heteroatoms. The summed E-state index contributed by atoms with van der Waals surface area (Å²) in [6.45, 7) is 0. The molecule has 0 bridgehead atoms. The van der Waals surface area contributed by atoms with Gasteiger partial charge in [0.1, 0.15) is 0 Å². The van der Waals surface area contributed by atoms with Crippen molar-refractivity contribution in [1.82, 2.24) is 0 Å². The molecule has 2 radical (unpaired) electrons. The van der Waals surface area contributed by atoms with Gasteiger partial charge in [0.15, 0.2) is 0 Å². The Balaban J connectivity index is -0.0000000150. The molecule has 114 valence electrons. The molecule has 0 unspecified atom stereocenters. The minimum atomic E-state index is -2.17. The average molecular weight is 329 g/mol. The third-order valence-electron chi connectivity index (χ3n) is 0. The Morgan fingerprint density at radius 2 is 0.300 bits per heavy atom. The average Bonchev–Trinajstić information content (AvgIpc) is 1.76. The topological polar surface area (TPSA) is 306 Å². The van der Waals surface area contributed by atoms with Gasteiger partial charge in [-0.2, -0.15) is 0 Å². The fourth-order valence-corrected chi connectivity index (χ4v) is 0. The van der Waals surface area contributed by atoms with Crippen LogP contribution < -0.4 is 0 Å². The molecule has 0 aromatic rings. The van der Waals surface area contributed by atoms with Crippen LogP contribution in [0.5, 0.6) is 0 Å². The molecule has 0 fully saturated rings. The van der Waals surface area contributed by atoms with Crippen LogP contribution in [0.15, 0.2) is 0 Å². The molecule has 20 heavy (non-hydrogen) atoms. The first-order valence-corrected chi connectivity index (χ1v) is 3.10. The first-order valence-electron chi connectivity index (χ1n) is 3.10. The van der Waals surface area contributed by atoms with E-state index in [-0.39, 0.29) is 70.1 Å². The summed E-state index contributed by atoms with van der Waals surface area (Å²) in [6.07, 6.45) is 0. The Labute approximate surface area is 158 Å². The summed E-state index contributed by atoms with van der Waals surface area (Å²) in [6, 6.07) is 0. The van der Waals surface area contributed by atoms with Crippen LogP contribution in [0.4, 0.5) is 0 Å². The van der Waals surface area contributed by atoms with Gasteiger partial charge >= 0.3 is 29.3 Å². The van der Waals surface area contributed by atoms with Gasteiger partial charge in [-0.15, -0.1) is 0 Å². The van der Waals surface area contributed by atoms with Crippen LogP contribution in [-0.2, 0) is 0 Å². The molecule has 0 rings (SSSR count). The van der Waals surface area contributed by atoms with Crippen LogP contribution in [0, 0.1) is 0 Å². The van der Waals surface area contributed by atoms with Crippen LogP contribution >= 0.6 is 0 Å². The summed E-state index contributed by atoms with van der Waals surface area (Å²) in [7, 11) is -8.67. The van der Waals surface area contributed by atoms with Gasteiger partial charge in [0.05, 0.1) is 0 Å². The molecule has 0 aliphatic carbocycles. The fourth-order valence-electron chi connectivity index (χ4n) is 0. The molecule has 0 atom stereocenters. The molecule has 0 aromatic carbocycles. The molecule has 0 saturated heterocycles. The monoisotopic (exact) mass is 330 g/mol. The van der Waals surface area contributed by atoms with Crippen molar-refractivity contribution in [2.45, 2.75) is 0 Å². The van der Waals surface area contributed by atoms with Gasteiger partial charge in [-0.3, -0.25) is 0 Å². The van der Waals surface area contributed by atoms with Gasteiger partial charge in [0.25, 0.3) is 0 Å². The number of hydrogen-bond acceptors (Lipinski definition) is 12. The second kappa shape index (κ2) is 42.8. The molecular weight excluding hydrogens is 313 g/mol. The third-order valence-corrected chi connectivity index (χ3v) is 0. The Bertz CT molecular complexity index is 66.2. The summed E-state index contributed by atoms with van der Waals surface area (Å²) in [5, 5.41) is 86.0. The Kier molecular flexibility index (Phi) is 106. The molecule has 0 amide bonds. The van der Waals surface area contributed by atoms with E-state index in [9.17, 15) is 0 Å². The van der Waals surface area contributed by atoms with Crippen molar-refractivity contribution in [3.05, 3.63) is 0 Å². The predicted molar refractivity (Wildman–Crippen MR) is 68.4 cm³/mol. The summed E-state index contributed by atoms with van der Waals surface area (Å²) in [4.78, 5) is 0. The maximum Gasteiger partial charge on any atom is 0.631 e. The van der Waals surface area contributed by atoms with Gasteiger partial charge in [-0.05, 0) is 0 Å². The largest absolute Gasteiger partial charge is 0.631 e. The third kappa shape index (κ3) is 2380. The van der Waals surface area contributed by atoms with Crippen LogP contribution in [-0.4, -0.2) is 160 Å². The first-order chi connectivity index (χ1) is 6.93. The molecular formula is H16B4Na2O14. The fraction of sp³-hybridized carbons (Fsp3) is 0. The van der Waals surface area contributed by atoms with Crippen molar-refractivity contribution in [3.8, 4) is 0 Å². The molecule has 0 aromatic heterocycles. The molecule has 0 aliphatic rings. The maximum atomic E-state index is 7.17. The van der Waals surface area contributed by atoms with E-state index in [0.717, 1.165) is 0 Å². The second-order valence-corrected chi connectivity index (χ2v) is 1.39. The van der Waals surface area contributed by atoms with Crippen LogP contribution in [0.25, 0.3) is 0 Å². The van der Waals surface area contributed by atoms with Gasteiger partial charge in [0, 0.05) is 59.1 Å². The van der Waals surface area contributed by atoms with Gasteiger partial charge in [-0.25, -0.2) is 0 Å². The Hall–Kier alpha value is 1.70. The molecule has 0 saturated carbocycles. The molecule has 16 N–H and O–H groups in total. The summed E-state index contributed by atoms with van der Waals surface area (Å²) in [5.74, 6) is 0. The summed E-state index contributed by atoms with van der Waals surface area (Å²) >= 11 is 0. The van der Waals surface area contributed by atoms with Gasteiger partial charge < -0.3 is 71.2 Å². The van der Waals surface area contributed by atoms with E-state index in [1.54, 1.807) is 0 Å². The minimum absolute atomic E-state index is 0. The van der Waals surface area contributed by atoms with Gasteiger partial charge in [-0.1, -0.05) is 0 Å². The van der Waals surface area contributed by atoms with Crippen LogP contribution in [0.1, 0.15) is 0 Å².